The summed E-state index contributed by atoms with van der Waals surface area (Å²) < 4.78 is 2.01. The lowest BCUT2D eigenvalue weighted by atomic mass is 10.1. The molecule has 3 heteroatoms. The van der Waals surface area contributed by atoms with E-state index in [0.29, 0.717) is 6.04 Å². The molecule has 0 amide bonds. The Morgan fingerprint density at radius 3 is 2.80 bits per heavy atom. The summed E-state index contributed by atoms with van der Waals surface area (Å²) in [6.45, 7) is 4.05. The van der Waals surface area contributed by atoms with Gasteiger partial charge in [0, 0.05) is 24.3 Å². The first-order valence-electron chi connectivity index (χ1n) is 7.58. The van der Waals surface area contributed by atoms with Crippen LogP contribution in [0.15, 0.2) is 42.7 Å². The van der Waals surface area contributed by atoms with Crippen LogP contribution in [0.4, 0.5) is 0 Å². The molecule has 1 aromatic heterocycles. The Labute approximate surface area is 121 Å². The predicted octanol–water partition coefficient (Wildman–Crippen LogP) is 3.21. The summed E-state index contributed by atoms with van der Waals surface area (Å²) >= 11 is 0. The van der Waals surface area contributed by atoms with E-state index in [1.54, 1.807) is 0 Å². The van der Waals surface area contributed by atoms with Gasteiger partial charge in [-0.2, -0.15) is 5.10 Å². The molecule has 1 aromatic carbocycles. The maximum absolute atomic E-state index is 4.44. The standard InChI is InChI=1S/C17H23N3/c1-14(9-15-7-8-15)18-10-17-11-19-20(13-17)12-16-5-3-2-4-6-16/h2-6,11,13-15,18H,7-10,12H2,1H3. The Hall–Kier alpha value is -1.61. The Bertz CT molecular complexity index is 528. The molecule has 0 aliphatic heterocycles. The number of benzene rings is 1. The quantitative estimate of drug-likeness (QED) is 0.836. The van der Waals surface area contributed by atoms with Crippen molar-refractivity contribution in [1.29, 1.82) is 0 Å². The highest BCUT2D eigenvalue weighted by atomic mass is 15.3. The Morgan fingerprint density at radius 2 is 2.05 bits per heavy atom. The van der Waals surface area contributed by atoms with E-state index >= 15 is 0 Å². The molecule has 1 atom stereocenters. The molecule has 1 saturated carbocycles. The molecule has 0 radical (unpaired) electrons. The maximum Gasteiger partial charge on any atom is 0.0659 e. The molecule has 1 unspecified atom stereocenters. The fraction of sp³-hybridized carbons (Fsp3) is 0.471. The summed E-state index contributed by atoms with van der Waals surface area (Å²) in [6, 6.07) is 11.1. The van der Waals surface area contributed by atoms with Gasteiger partial charge in [0.2, 0.25) is 0 Å². The van der Waals surface area contributed by atoms with Crippen LogP contribution in [0.3, 0.4) is 0 Å². The van der Waals surface area contributed by atoms with Gasteiger partial charge >= 0.3 is 0 Å². The normalized spacial score (nSPS) is 16.2. The number of aromatic nitrogens is 2. The van der Waals surface area contributed by atoms with Crippen molar-refractivity contribution in [2.45, 2.75) is 45.3 Å². The second kappa shape index (κ2) is 6.23. The molecule has 1 aliphatic rings. The van der Waals surface area contributed by atoms with Crippen LogP contribution in [0.5, 0.6) is 0 Å². The van der Waals surface area contributed by atoms with Crippen molar-refractivity contribution in [1.82, 2.24) is 15.1 Å². The Kier molecular flexibility index (Phi) is 4.16. The molecule has 20 heavy (non-hydrogen) atoms. The summed E-state index contributed by atoms with van der Waals surface area (Å²) in [5.74, 6) is 0.985. The lowest BCUT2D eigenvalue weighted by Gasteiger charge is -2.11. The van der Waals surface area contributed by atoms with Crippen molar-refractivity contribution in [3.8, 4) is 0 Å². The largest absolute Gasteiger partial charge is 0.310 e. The minimum Gasteiger partial charge on any atom is -0.310 e. The minimum atomic E-state index is 0.611. The highest BCUT2D eigenvalue weighted by Gasteiger charge is 2.23. The monoisotopic (exact) mass is 269 g/mol. The molecular formula is C17H23N3. The van der Waals surface area contributed by atoms with Gasteiger partial charge < -0.3 is 5.32 Å². The van der Waals surface area contributed by atoms with Crippen LogP contribution in [0, 0.1) is 5.92 Å². The van der Waals surface area contributed by atoms with E-state index in [1.165, 1.54) is 30.4 Å². The lowest BCUT2D eigenvalue weighted by Crippen LogP contribution is -2.25. The number of hydrogen-bond acceptors (Lipinski definition) is 2. The molecule has 1 aliphatic carbocycles. The van der Waals surface area contributed by atoms with Gasteiger partial charge in [-0.25, -0.2) is 0 Å². The molecule has 0 spiro atoms. The molecular weight excluding hydrogens is 246 g/mol. The van der Waals surface area contributed by atoms with Gasteiger partial charge in [0.25, 0.3) is 0 Å². The predicted molar refractivity (Wildman–Crippen MR) is 81.4 cm³/mol. The number of nitrogens with one attached hydrogen (secondary N) is 1. The third-order valence-corrected chi connectivity index (χ3v) is 3.91. The fourth-order valence-electron chi connectivity index (χ4n) is 2.58. The van der Waals surface area contributed by atoms with Gasteiger partial charge in [-0.3, -0.25) is 4.68 Å². The van der Waals surface area contributed by atoms with E-state index in [1.807, 2.05) is 16.9 Å². The highest BCUT2D eigenvalue weighted by Crippen LogP contribution is 2.33. The Morgan fingerprint density at radius 1 is 1.25 bits per heavy atom. The number of nitrogens with zero attached hydrogens (tertiary/aromatic N) is 2. The molecule has 1 heterocycles. The van der Waals surface area contributed by atoms with Gasteiger partial charge in [-0.15, -0.1) is 0 Å². The molecule has 2 aromatic rings. The van der Waals surface area contributed by atoms with Crippen LogP contribution in [0.25, 0.3) is 0 Å². The van der Waals surface area contributed by atoms with E-state index < -0.39 is 0 Å². The molecule has 0 saturated heterocycles. The Balaban J connectivity index is 1.48. The highest BCUT2D eigenvalue weighted by molar-refractivity contribution is 5.15. The second-order valence-electron chi connectivity index (χ2n) is 5.99. The van der Waals surface area contributed by atoms with E-state index in [0.717, 1.165) is 19.0 Å². The summed E-state index contributed by atoms with van der Waals surface area (Å²) in [5, 5.41) is 8.03. The molecule has 3 rings (SSSR count). The van der Waals surface area contributed by atoms with Gasteiger partial charge in [-0.05, 0) is 24.8 Å². The number of rotatable bonds is 7. The lowest BCUT2D eigenvalue weighted by molar-refractivity contribution is 0.487. The van der Waals surface area contributed by atoms with Gasteiger partial charge in [0.15, 0.2) is 0 Å². The zero-order chi connectivity index (χ0) is 13.8. The molecule has 3 nitrogen and oxygen atoms in total. The van der Waals surface area contributed by atoms with Crippen LogP contribution in [0.1, 0.15) is 37.3 Å². The van der Waals surface area contributed by atoms with Crippen LogP contribution in [-0.2, 0) is 13.1 Å². The van der Waals surface area contributed by atoms with E-state index in [-0.39, 0.29) is 0 Å². The smallest absolute Gasteiger partial charge is 0.0659 e. The SMILES string of the molecule is CC(CC1CC1)NCc1cnn(Cc2ccccc2)c1. The first-order valence-corrected chi connectivity index (χ1v) is 7.58. The van der Waals surface area contributed by atoms with Crippen LogP contribution >= 0.6 is 0 Å². The number of hydrogen-bond donors (Lipinski definition) is 1. The molecule has 0 bridgehead atoms. The van der Waals surface area contributed by atoms with Crippen molar-refractivity contribution >= 4 is 0 Å². The van der Waals surface area contributed by atoms with Crippen molar-refractivity contribution in [3.05, 3.63) is 53.9 Å². The van der Waals surface area contributed by atoms with Gasteiger partial charge in [-0.1, -0.05) is 43.2 Å². The van der Waals surface area contributed by atoms with Crippen LogP contribution in [0.2, 0.25) is 0 Å². The molecule has 106 valence electrons. The summed E-state index contributed by atoms with van der Waals surface area (Å²) in [6.07, 6.45) is 8.30. The summed E-state index contributed by atoms with van der Waals surface area (Å²) in [4.78, 5) is 0. The molecule has 1 fully saturated rings. The average Bonchev–Trinajstić information content (AvgIpc) is 3.15. The fourth-order valence-corrected chi connectivity index (χ4v) is 2.58. The van der Waals surface area contributed by atoms with Crippen molar-refractivity contribution in [3.63, 3.8) is 0 Å². The minimum absolute atomic E-state index is 0.611. The summed E-state index contributed by atoms with van der Waals surface area (Å²) in [7, 11) is 0. The van der Waals surface area contributed by atoms with Gasteiger partial charge in [0.1, 0.15) is 0 Å². The summed E-state index contributed by atoms with van der Waals surface area (Å²) in [5.41, 5.74) is 2.56. The van der Waals surface area contributed by atoms with Crippen molar-refractivity contribution in [2.24, 2.45) is 5.92 Å². The van der Waals surface area contributed by atoms with Crippen molar-refractivity contribution in [2.75, 3.05) is 0 Å². The second-order valence-corrected chi connectivity index (χ2v) is 5.99. The van der Waals surface area contributed by atoms with Crippen LogP contribution < -0.4 is 5.32 Å². The van der Waals surface area contributed by atoms with E-state index in [9.17, 15) is 0 Å². The topological polar surface area (TPSA) is 29.9 Å². The van der Waals surface area contributed by atoms with E-state index in [2.05, 4.69) is 47.8 Å². The maximum atomic E-state index is 4.44. The molecule has 1 N–H and O–H groups in total. The first kappa shape index (κ1) is 13.4. The first-order chi connectivity index (χ1) is 9.79. The zero-order valence-corrected chi connectivity index (χ0v) is 12.1. The van der Waals surface area contributed by atoms with Gasteiger partial charge in [0.05, 0.1) is 12.7 Å². The third kappa shape index (κ3) is 3.94. The van der Waals surface area contributed by atoms with E-state index in [4.69, 9.17) is 0 Å². The zero-order valence-electron chi connectivity index (χ0n) is 12.1. The van der Waals surface area contributed by atoms with Crippen molar-refractivity contribution < 1.29 is 0 Å². The third-order valence-electron chi connectivity index (χ3n) is 3.91. The average molecular weight is 269 g/mol. The van der Waals surface area contributed by atoms with Crippen LogP contribution in [-0.4, -0.2) is 15.8 Å².